The molecule has 0 aliphatic rings. The topological polar surface area (TPSA) is 9.23 Å². The molecule has 0 aliphatic heterocycles. The third-order valence-corrected chi connectivity index (χ3v) is 3.39. The summed E-state index contributed by atoms with van der Waals surface area (Å²) < 4.78 is 68.9. The van der Waals surface area contributed by atoms with Crippen LogP contribution < -0.4 is 0 Å². The van der Waals surface area contributed by atoms with Gasteiger partial charge in [0.05, 0.1) is 12.0 Å². The zero-order chi connectivity index (χ0) is 15.6. The van der Waals surface area contributed by atoms with Gasteiger partial charge in [-0.2, -0.15) is 22.0 Å². The molecule has 1 rings (SSSR count). The van der Waals surface area contributed by atoms with Gasteiger partial charge in [-0.25, -0.2) is 0 Å². The lowest BCUT2D eigenvalue weighted by molar-refractivity contribution is -0.298. The van der Waals surface area contributed by atoms with E-state index in [4.69, 9.17) is 4.74 Å². The van der Waals surface area contributed by atoms with Crippen molar-refractivity contribution in [3.8, 4) is 0 Å². The predicted octanol–water partition coefficient (Wildman–Crippen LogP) is 4.70. The van der Waals surface area contributed by atoms with E-state index in [1.54, 1.807) is 25.1 Å². The smallest absolute Gasteiger partial charge is 0.374 e. The lowest BCUT2D eigenvalue weighted by Crippen LogP contribution is -2.43. The Balaban J connectivity index is 3.22. The van der Waals surface area contributed by atoms with Crippen molar-refractivity contribution in [3.63, 3.8) is 0 Å². The van der Waals surface area contributed by atoms with E-state index in [0.717, 1.165) is 7.11 Å². The fourth-order valence-electron chi connectivity index (χ4n) is 2.15. The lowest BCUT2D eigenvalue weighted by atomic mass is 9.85. The second-order valence-electron chi connectivity index (χ2n) is 4.82. The number of methoxy groups -OCH3 is 1. The molecule has 0 N–H and O–H groups in total. The van der Waals surface area contributed by atoms with Crippen molar-refractivity contribution in [2.24, 2.45) is 0 Å². The molecule has 0 bridgehead atoms. The van der Waals surface area contributed by atoms with Gasteiger partial charge in [0.15, 0.2) is 0 Å². The summed E-state index contributed by atoms with van der Waals surface area (Å²) in [6, 6.07) is 6.52. The first-order valence-electron chi connectivity index (χ1n) is 6.15. The van der Waals surface area contributed by atoms with Crippen LogP contribution in [-0.4, -0.2) is 19.2 Å². The fraction of sp³-hybridized carbons (Fsp3) is 0.571. The minimum Gasteiger partial charge on any atom is -0.374 e. The normalized spacial score (nSPS) is 16.0. The molecule has 1 unspecified atom stereocenters. The Morgan fingerprint density at radius 3 is 2.05 bits per heavy atom. The summed E-state index contributed by atoms with van der Waals surface area (Å²) in [7, 11) is 1.14. The Hall–Kier alpha value is -1.17. The monoisotopic (exact) mass is 296 g/mol. The van der Waals surface area contributed by atoms with Crippen LogP contribution in [0.25, 0.3) is 0 Å². The molecule has 0 radical (unpaired) electrons. The fourth-order valence-corrected chi connectivity index (χ4v) is 2.15. The number of ether oxygens (including phenoxy) is 1. The zero-order valence-electron chi connectivity index (χ0n) is 11.5. The molecule has 0 aliphatic carbocycles. The Labute approximate surface area is 114 Å². The summed E-state index contributed by atoms with van der Waals surface area (Å²) in [6.07, 6.45) is -6.52. The summed E-state index contributed by atoms with van der Waals surface area (Å²) in [6.45, 7) is 3.05. The Bertz CT molecular complexity index is 455. The predicted molar refractivity (Wildman–Crippen MR) is 65.8 cm³/mol. The zero-order valence-corrected chi connectivity index (χ0v) is 11.5. The van der Waals surface area contributed by atoms with E-state index in [2.05, 4.69) is 0 Å². The third kappa shape index (κ3) is 3.29. The number of aryl methyl sites for hydroxylation is 1. The van der Waals surface area contributed by atoms with E-state index in [9.17, 15) is 22.0 Å². The van der Waals surface area contributed by atoms with E-state index in [1.165, 1.54) is 13.0 Å². The van der Waals surface area contributed by atoms with E-state index in [1.807, 2.05) is 0 Å². The van der Waals surface area contributed by atoms with Crippen molar-refractivity contribution in [1.82, 2.24) is 0 Å². The summed E-state index contributed by atoms with van der Waals surface area (Å²) in [5.41, 5.74) is -0.658. The Morgan fingerprint density at radius 1 is 1.05 bits per heavy atom. The molecule has 0 saturated heterocycles. The van der Waals surface area contributed by atoms with Crippen molar-refractivity contribution >= 4 is 0 Å². The van der Waals surface area contributed by atoms with Gasteiger partial charge in [-0.05, 0) is 24.5 Å². The van der Waals surface area contributed by atoms with Crippen LogP contribution in [0.1, 0.15) is 31.4 Å². The average molecular weight is 296 g/mol. The Morgan fingerprint density at radius 2 is 1.60 bits per heavy atom. The molecule has 114 valence electrons. The number of hydrogen-bond acceptors (Lipinski definition) is 1. The highest BCUT2D eigenvalue weighted by Crippen LogP contribution is 2.45. The quantitative estimate of drug-likeness (QED) is 0.716. The van der Waals surface area contributed by atoms with Gasteiger partial charge < -0.3 is 4.74 Å². The van der Waals surface area contributed by atoms with Crippen molar-refractivity contribution in [1.29, 1.82) is 0 Å². The van der Waals surface area contributed by atoms with E-state index in [0.29, 0.717) is 17.5 Å². The molecule has 6 heteroatoms. The third-order valence-electron chi connectivity index (χ3n) is 3.39. The van der Waals surface area contributed by atoms with Crippen molar-refractivity contribution in [2.45, 2.75) is 44.4 Å². The van der Waals surface area contributed by atoms with Crippen LogP contribution in [0.15, 0.2) is 24.3 Å². The first kappa shape index (κ1) is 16.9. The number of hydrogen-bond donors (Lipinski definition) is 0. The highest BCUT2D eigenvalue weighted by molar-refractivity contribution is 5.32. The summed E-state index contributed by atoms with van der Waals surface area (Å²) >= 11 is 0. The highest BCUT2D eigenvalue weighted by Gasteiger charge is 2.60. The van der Waals surface area contributed by atoms with Crippen LogP contribution in [0, 0.1) is 0 Å². The molecule has 1 atom stereocenters. The minimum atomic E-state index is -5.59. The van der Waals surface area contributed by atoms with E-state index < -0.39 is 24.1 Å². The molecule has 20 heavy (non-hydrogen) atoms. The maximum absolute atomic E-state index is 13.3. The van der Waals surface area contributed by atoms with Gasteiger partial charge in [0, 0.05) is 7.11 Å². The van der Waals surface area contributed by atoms with Crippen molar-refractivity contribution in [3.05, 3.63) is 35.4 Å². The number of halogens is 5. The molecular weight excluding hydrogens is 279 g/mol. The van der Waals surface area contributed by atoms with Gasteiger partial charge in [0.2, 0.25) is 0 Å². The first-order chi connectivity index (χ1) is 9.07. The van der Waals surface area contributed by atoms with E-state index in [-0.39, 0.29) is 0 Å². The average Bonchev–Trinajstić information content (AvgIpc) is 2.36. The van der Waals surface area contributed by atoms with Gasteiger partial charge in [0.1, 0.15) is 0 Å². The maximum atomic E-state index is 13.3. The molecule has 0 fully saturated rings. The highest BCUT2D eigenvalue weighted by atomic mass is 19.4. The van der Waals surface area contributed by atoms with Crippen LogP contribution in [0.5, 0.6) is 0 Å². The van der Waals surface area contributed by atoms with Crippen LogP contribution in [0.4, 0.5) is 22.0 Å². The van der Waals surface area contributed by atoms with Crippen LogP contribution >= 0.6 is 0 Å². The summed E-state index contributed by atoms with van der Waals surface area (Å²) in [5.74, 6) is -4.81. The Kier molecular flexibility index (Phi) is 4.79. The molecule has 1 nitrogen and oxygen atoms in total. The molecule has 0 amide bonds. The SMILES string of the molecule is CCc1ccccc1C(C)(CC(F)(F)C(F)(F)F)OC. The molecule has 0 heterocycles. The summed E-state index contributed by atoms with van der Waals surface area (Å²) in [5, 5.41) is 0. The number of alkyl halides is 5. The number of rotatable bonds is 5. The van der Waals surface area contributed by atoms with Gasteiger partial charge in [-0.1, -0.05) is 31.2 Å². The second-order valence-corrected chi connectivity index (χ2v) is 4.82. The summed E-state index contributed by atoms with van der Waals surface area (Å²) in [4.78, 5) is 0. The van der Waals surface area contributed by atoms with Gasteiger partial charge in [-0.3, -0.25) is 0 Å². The molecule has 0 aromatic heterocycles. The van der Waals surface area contributed by atoms with Crippen LogP contribution in [0.2, 0.25) is 0 Å². The molecule has 0 saturated carbocycles. The van der Waals surface area contributed by atoms with Gasteiger partial charge >= 0.3 is 12.1 Å². The minimum absolute atomic E-state index is 0.355. The molecule has 0 spiro atoms. The standard InChI is InChI=1S/C14H17F5O/c1-4-10-7-5-6-8-11(10)12(2,20-3)9-13(15,16)14(17,18)19/h5-8H,4,9H2,1-3H3. The van der Waals surface area contributed by atoms with Crippen LogP contribution in [-0.2, 0) is 16.8 Å². The van der Waals surface area contributed by atoms with Gasteiger partial charge in [0.25, 0.3) is 0 Å². The maximum Gasteiger partial charge on any atom is 0.453 e. The molecular formula is C14H17F5O. The lowest BCUT2D eigenvalue weighted by Gasteiger charge is -2.34. The van der Waals surface area contributed by atoms with Crippen LogP contribution in [0.3, 0.4) is 0 Å². The van der Waals surface area contributed by atoms with Crippen molar-refractivity contribution < 1.29 is 26.7 Å². The number of benzene rings is 1. The second kappa shape index (κ2) is 5.68. The first-order valence-corrected chi connectivity index (χ1v) is 6.15. The van der Waals surface area contributed by atoms with E-state index >= 15 is 0 Å². The van der Waals surface area contributed by atoms with Gasteiger partial charge in [-0.15, -0.1) is 0 Å². The molecule has 1 aromatic carbocycles. The largest absolute Gasteiger partial charge is 0.453 e. The molecule has 1 aromatic rings. The van der Waals surface area contributed by atoms with Crippen molar-refractivity contribution in [2.75, 3.05) is 7.11 Å².